The molecule has 13 heteroatoms. The van der Waals surface area contributed by atoms with Crippen LogP contribution in [0.15, 0.2) is 36.4 Å². The molecule has 11 nitrogen and oxygen atoms in total. The van der Waals surface area contributed by atoms with Crippen molar-refractivity contribution in [1.82, 2.24) is 5.32 Å². The van der Waals surface area contributed by atoms with Crippen molar-refractivity contribution < 1.29 is 47.4 Å². The van der Waals surface area contributed by atoms with Gasteiger partial charge in [0.15, 0.2) is 5.75 Å². The van der Waals surface area contributed by atoms with Gasteiger partial charge in [-0.1, -0.05) is 32.0 Å². The third kappa shape index (κ3) is 7.84. The van der Waals surface area contributed by atoms with Crippen molar-refractivity contribution in [2.24, 2.45) is 17.3 Å². The summed E-state index contributed by atoms with van der Waals surface area (Å²) in [5.74, 6) is 0.283. The number of rotatable bonds is 12. The Morgan fingerprint density at radius 2 is 1.78 bits per heavy atom. The summed E-state index contributed by atoms with van der Waals surface area (Å²) in [6.45, 7) is 11.9. The first-order valence-electron chi connectivity index (χ1n) is 16.6. The maximum Gasteiger partial charge on any atom is 0.514 e. The van der Waals surface area contributed by atoms with E-state index in [2.05, 4.69) is 26.1 Å². The van der Waals surface area contributed by atoms with Crippen molar-refractivity contribution in [3.8, 4) is 17.2 Å². The lowest BCUT2D eigenvalue weighted by Gasteiger charge is -2.64. The van der Waals surface area contributed by atoms with E-state index < -0.39 is 36.4 Å². The molecule has 1 N–H and O–H groups in total. The lowest BCUT2D eigenvalue weighted by Crippen LogP contribution is -2.65. The zero-order chi connectivity index (χ0) is 35.7. The Bertz CT molecular complexity index is 1540. The Morgan fingerprint density at radius 1 is 1.06 bits per heavy atom. The van der Waals surface area contributed by atoms with E-state index in [1.165, 1.54) is 24.9 Å². The Hall–Kier alpha value is -3.42. The number of carbonyl (C=O) groups excluding carboxylic acids is 3. The normalized spacial score (nSPS) is 24.2. The highest BCUT2D eigenvalue weighted by molar-refractivity contribution is 7.99. The van der Waals surface area contributed by atoms with Crippen LogP contribution in [0.2, 0.25) is 0 Å². The van der Waals surface area contributed by atoms with E-state index >= 15 is 0 Å². The number of carbonyl (C=O) groups is 3. The quantitative estimate of drug-likeness (QED) is 0.159. The molecule has 0 radical (unpaired) electrons. The molecule has 266 valence electrons. The number of thioether (sulfide) groups is 1. The van der Waals surface area contributed by atoms with Crippen LogP contribution in [0.4, 0.5) is 4.79 Å². The van der Waals surface area contributed by atoms with E-state index in [0.29, 0.717) is 23.1 Å². The molecule has 2 bridgehead atoms. The summed E-state index contributed by atoms with van der Waals surface area (Å²) in [6, 6.07) is 10.5. The van der Waals surface area contributed by atoms with Crippen molar-refractivity contribution in [3.05, 3.63) is 53.1 Å². The van der Waals surface area contributed by atoms with Gasteiger partial charge in [-0.15, -0.1) is 0 Å². The highest BCUT2D eigenvalue weighted by atomic mass is 32.2. The molecule has 4 aliphatic rings. The Balaban J connectivity index is 1.52. The smallest absolute Gasteiger partial charge is 0.497 e. The summed E-state index contributed by atoms with van der Waals surface area (Å²) < 4.78 is 41.2. The van der Waals surface area contributed by atoms with Gasteiger partial charge in [0.2, 0.25) is 5.91 Å². The number of methoxy groups -OCH3 is 2. The molecule has 2 aromatic rings. The first-order chi connectivity index (χ1) is 23.1. The first-order valence-corrected chi connectivity index (χ1v) is 18.0. The van der Waals surface area contributed by atoms with Gasteiger partial charge in [0, 0.05) is 0 Å². The average molecular weight is 698 g/mol. The van der Waals surface area contributed by atoms with E-state index in [0.717, 1.165) is 18.4 Å². The zero-order valence-corrected chi connectivity index (χ0v) is 30.7. The molecule has 1 amide bonds. The minimum absolute atomic E-state index is 0.0646. The van der Waals surface area contributed by atoms with Gasteiger partial charge in [0.25, 0.3) is 0 Å². The van der Waals surface area contributed by atoms with Crippen LogP contribution in [0.5, 0.6) is 17.2 Å². The molecule has 5 atom stereocenters. The van der Waals surface area contributed by atoms with Gasteiger partial charge >= 0.3 is 19.2 Å². The van der Waals surface area contributed by atoms with Crippen molar-refractivity contribution >= 4 is 36.9 Å². The largest absolute Gasteiger partial charge is 0.514 e. The lowest BCUT2D eigenvalue weighted by molar-refractivity contribution is -0.199. The second kappa shape index (κ2) is 14.4. The van der Waals surface area contributed by atoms with E-state index in [1.54, 1.807) is 46.1 Å². The highest BCUT2D eigenvalue weighted by Gasteiger charge is 2.68. The van der Waals surface area contributed by atoms with Gasteiger partial charge in [-0.05, 0) is 99.8 Å². The van der Waals surface area contributed by atoms with E-state index in [9.17, 15) is 14.4 Å². The molecule has 3 aliphatic carbocycles. The molecule has 49 heavy (non-hydrogen) atoms. The highest BCUT2D eigenvalue weighted by Crippen LogP contribution is 2.65. The summed E-state index contributed by atoms with van der Waals surface area (Å²) >= 11 is 1.41. The van der Waals surface area contributed by atoms with Gasteiger partial charge in [0.05, 0.1) is 37.6 Å². The summed E-state index contributed by atoms with van der Waals surface area (Å²) in [6.07, 6.45) is 2.93. The Morgan fingerprint density at radius 3 is 2.39 bits per heavy atom. The minimum Gasteiger partial charge on any atom is -0.497 e. The van der Waals surface area contributed by atoms with Crippen LogP contribution in [0.3, 0.4) is 0 Å². The second-order valence-corrected chi connectivity index (χ2v) is 15.6. The average Bonchev–Trinajstić information content (AvgIpc) is 3.40. The molecular formula is C36H48BNO10S. The van der Waals surface area contributed by atoms with Gasteiger partial charge < -0.3 is 38.3 Å². The molecule has 1 aliphatic heterocycles. The van der Waals surface area contributed by atoms with Gasteiger partial charge in [-0.2, -0.15) is 11.8 Å². The maximum atomic E-state index is 13.4. The standard InChI is InChI=1S/C36H48BNO10S/c1-34(2,3)46-33(41)45-25-15-12-22(31(30(25)32(40)43-8)44-19-21-10-13-24(42-7)14-11-21)16-28(38-29(39)20-49-9)37-47-27-18-23-17-26(35(23,4)5)36(27,6)48-37/h10-15,23,26-28H,16-20H2,1-9H3,(H,38,39)/t23-,26-,27?,28-,36-/m0/s1. The number of amides is 1. The zero-order valence-electron chi connectivity index (χ0n) is 29.9. The Kier molecular flexibility index (Phi) is 10.9. The molecule has 0 aromatic heterocycles. The third-order valence-corrected chi connectivity index (χ3v) is 10.6. The first kappa shape index (κ1) is 36.9. The third-order valence-electron chi connectivity index (χ3n) is 10.1. The molecule has 3 saturated carbocycles. The number of benzene rings is 2. The van der Waals surface area contributed by atoms with Crippen molar-refractivity contribution in [1.29, 1.82) is 0 Å². The number of nitrogens with one attached hydrogen (secondary N) is 1. The monoisotopic (exact) mass is 697 g/mol. The predicted octanol–water partition coefficient (Wildman–Crippen LogP) is 6.03. The van der Waals surface area contributed by atoms with Crippen LogP contribution in [0, 0.1) is 17.3 Å². The summed E-state index contributed by atoms with van der Waals surface area (Å²) in [7, 11) is 2.08. The number of hydrogen-bond acceptors (Lipinski definition) is 11. The van der Waals surface area contributed by atoms with E-state index in [1.807, 2.05) is 18.4 Å². The molecule has 1 saturated heterocycles. The SMILES string of the molecule is COC(=O)c1c(OC(=O)OC(C)(C)C)ccc(C[C@H](NC(=O)CSC)B2OC3C[C@@H]4C[C@@H](C4(C)C)[C@]3(C)O2)c1OCc1ccc(OC)cc1. The molecule has 1 heterocycles. The minimum atomic E-state index is -0.987. The summed E-state index contributed by atoms with van der Waals surface area (Å²) in [4.78, 5) is 39.3. The Labute approximate surface area is 293 Å². The number of esters is 1. The van der Waals surface area contributed by atoms with E-state index in [-0.39, 0.29) is 53.3 Å². The van der Waals surface area contributed by atoms with Crippen molar-refractivity contribution in [3.63, 3.8) is 0 Å². The molecule has 6 rings (SSSR count). The molecular weight excluding hydrogens is 649 g/mol. The van der Waals surface area contributed by atoms with Crippen LogP contribution in [0.1, 0.15) is 75.9 Å². The van der Waals surface area contributed by atoms with Gasteiger partial charge in [-0.3, -0.25) is 4.79 Å². The maximum absolute atomic E-state index is 13.4. The van der Waals surface area contributed by atoms with Crippen LogP contribution >= 0.6 is 11.8 Å². The van der Waals surface area contributed by atoms with Crippen molar-refractivity contribution in [2.75, 3.05) is 26.2 Å². The predicted molar refractivity (Wildman–Crippen MR) is 186 cm³/mol. The van der Waals surface area contributed by atoms with Gasteiger partial charge in [-0.25, -0.2) is 9.59 Å². The van der Waals surface area contributed by atoms with Gasteiger partial charge in [0.1, 0.15) is 29.3 Å². The fraction of sp³-hybridized carbons (Fsp3) is 0.583. The fourth-order valence-electron chi connectivity index (χ4n) is 7.45. The molecule has 0 spiro atoms. The van der Waals surface area contributed by atoms with Crippen LogP contribution in [-0.4, -0.2) is 74.6 Å². The van der Waals surface area contributed by atoms with Crippen LogP contribution in [-0.2, 0) is 36.6 Å². The summed E-state index contributed by atoms with van der Waals surface area (Å²) in [5, 5.41) is 3.13. The molecule has 1 unspecified atom stereocenters. The van der Waals surface area contributed by atoms with Crippen LogP contribution < -0.4 is 19.5 Å². The number of ether oxygens (including phenoxy) is 5. The number of hydrogen-bond donors (Lipinski definition) is 1. The molecule has 2 aromatic carbocycles. The van der Waals surface area contributed by atoms with Crippen molar-refractivity contribution in [2.45, 2.75) is 90.7 Å². The molecule has 4 fully saturated rings. The topological polar surface area (TPSA) is 128 Å². The van der Waals surface area contributed by atoms with Crippen LogP contribution in [0.25, 0.3) is 0 Å². The second-order valence-electron chi connectivity index (χ2n) is 14.8. The van der Waals surface area contributed by atoms with E-state index in [4.69, 9.17) is 33.0 Å². The fourth-order valence-corrected chi connectivity index (χ4v) is 7.80. The summed E-state index contributed by atoms with van der Waals surface area (Å²) in [5.41, 5.74) is 0.0710. The lowest BCUT2D eigenvalue weighted by atomic mass is 9.43.